The summed E-state index contributed by atoms with van der Waals surface area (Å²) in [6.07, 6.45) is 0. The third kappa shape index (κ3) is 4.40. The summed E-state index contributed by atoms with van der Waals surface area (Å²) in [5.41, 5.74) is 10.2. The van der Waals surface area contributed by atoms with Gasteiger partial charge in [-0.15, -0.1) is 0 Å². The quantitative estimate of drug-likeness (QED) is 0.664. The van der Waals surface area contributed by atoms with Crippen LogP contribution in [-0.2, 0) is 6.54 Å². The Hall–Kier alpha value is -2.20. The fraction of sp³-hybridized carbons (Fsp3) is 0.235. The molecule has 3 N–H and O–H groups in total. The zero-order valence-electron chi connectivity index (χ0n) is 13.0. The van der Waals surface area contributed by atoms with E-state index in [0.29, 0.717) is 23.3 Å². The summed E-state index contributed by atoms with van der Waals surface area (Å²) < 4.78 is 5.12. The maximum atomic E-state index is 6.09. The number of anilines is 1. The molecule has 22 heavy (non-hydrogen) atoms. The van der Waals surface area contributed by atoms with Gasteiger partial charge >= 0.3 is 0 Å². The van der Waals surface area contributed by atoms with Gasteiger partial charge in [0.25, 0.3) is 0 Å². The number of hydrogen-bond donors (Lipinski definition) is 2. The molecule has 0 aromatic heterocycles. The Kier molecular flexibility index (Phi) is 5.28. The minimum absolute atomic E-state index is 0.372. The molecular formula is C17H20ClN3O. The highest BCUT2D eigenvalue weighted by molar-refractivity contribution is 6.32. The standard InChI is InChI=1S/C17H20ClN3O/c1-11-6-12(2)8-14(7-11)21-17(19)20-10-13-4-5-16(22-3)15(18)9-13/h4-9H,10H2,1-3H3,(H3,19,20,21). The van der Waals surface area contributed by atoms with E-state index in [2.05, 4.69) is 16.4 Å². The van der Waals surface area contributed by atoms with E-state index in [4.69, 9.17) is 22.1 Å². The smallest absolute Gasteiger partial charge is 0.193 e. The molecule has 116 valence electrons. The van der Waals surface area contributed by atoms with E-state index in [9.17, 15) is 0 Å². The van der Waals surface area contributed by atoms with Gasteiger partial charge in [0.2, 0.25) is 0 Å². The van der Waals surface area contributed by atoms with E-state index in [1.165, 1.54) is 11.1 Å². The van der Waals surface area contributed by atoms with Crippen LogP contribution < -0.4 is 15.8 Å². The number of nitrogens with zero attached hydrogens (tertiary/aromatic N) is 1. The third-order valence-electron chi connectivity index (χ3n) is 3.14. The fourth-order valence-electron chi connectivity index (χ4n) is 2.22. The number of methoxy groups -OCH3 is 1. The minimum atomic E-state index is 0.372. The van der Waals surface area contributed by atoms with Crippen LogP contribution in [0.4, 0.5) is 5.69 Å². The lowest BCUT2D eigenvalue weighted by molar-refractivity contribution is 0.415. The van der Waals surface area contributed by atoms with Crippen LogP contribution in [0.2, 0.25) is 5.02 Å². The van der Waals surface area contributed by atoms with Crippen molar-refractivity contribution in [1.82, 2.24) is 0 Å². The largest absolute Gasteiger partial charge is 0.495 e. The van der Waals surface area contributed by atoms with E-state index in [1.807, 2.05) is 44.2 Å². The SMILES string of the molecule is COc1ccc(CN=C(N)Nc2cc(C)cc(C)c2)cc1Cl. The van der Waals surface area contributed by atoms with Crippen LogP contribution in [0, 0.1) is 13.8 Å². The molecule has 5 heteroatoms. The number of aryl methyl sites for hydroxylation is 2. The van der Waals surface area contributed by atoms with Crippen LogP contribution in [0.25, 0.3) is 0 Å². The van der Waals surface area contributed by atoms with Gasteiger partial charge < -0.3 is 15.8 Å². The van der Waals surface area contributed by atoms with Gasteiger partial charge in [0, 0.05) is 5.69 Å². The van der Waals surface area contributed by atoms with Gasteiger partial charge in [-0.2, -0.15) is 0 Å². The Morgan fingerprint density at radius 1 is 1.18 bits per heavy atom. The highest BCUT2D eigenvalue weighted by Gasteiger charge is 2.02. The highest BCUT2D eigenvalue weighted by Crippen LogP contribution is 2.25. The molecular weight excluding hydrogens is 298 g/mol. The van der Waals surface area contributed by atoms with Crippen LogP contribution in [0.1, 0.15) is 16.7 Å². The summed E-state index contributed by atoms with van der Waals surface area (Å²) in [6, 6.07) is 11.7. The number of nitrogens with two attached hydrogens (primary N) is 1. The van der Waals surface area contributed by atoms with E-state index < -0.39 is 0 Å². The first-order chi connectivity index (χ1) is 10.5. The van der Waals surface area contributed by atoms with Crippen molar-refractivity contribution in [2.75, 3.05) is 12.4 Å². The number of aliphatic imine (C=N–C) groups is 1. The molecule has 0 amide bonds. The lowest BCUT2D eigenvalue weighted by atomic mass is 10.1. The first kappa shape index (κ1) is 16.2. The second-order valence-electron chi connectivity index (χ2n) is 5.17. The number of nitrogens with one attached hydrogen (secondary N) is 1. The van der Waals surface area contributed by atoms with Gasteiger partial charge in [0.1, 0.15) is 5.75 Å². The zero-order chi connectivity index (χ0) is 16.1. The van der Waals surface area contributed by atoms with Crippen molar-refractivity contribution >= 4 is 23.2 Å². The van der Waals surface area contributed by atoms with E-state index in [1.54, 1.807) is 7.11 Å². The van der Waals surface area contributed by atoms with Crippen LogP contribution in [-0.4, -0.2) is 13.1 Å². The van der Waals surface area contributed by atoms with Crippen LogP contribution >= 0.6 is 11.6 Å². The molecule has 0 aliphatic heterocycles. The first-order valence-electron chi connectivity index (χ1n) is 6.95. The molecule has 0 heterocycles. The minimum Gasteiger partial charge on any atom is -0.495 e. The predicted molar refractivity (Wildman–Crippen MR) is 92.9 cm³/mol. The molecule has 0 atom stereocenters. The molecule has 0 radical (unpaired) electrons. The molecule has 4 nitrogen and oxygen atoms in total. The summed E-state index contributed by atoms with van der Waals surface area (Å²) in [5.74, 6) is 1.02. The van der Waals surface area contributed by atoms with Crippen molar-refractivity contribution in [2.45, 2.75) is 20.4 Å². The third-order valence-corrected chi connectivity index (χ3v) is 3.44. The van der Waals surface area contributed by atoms with Crippen molar-refractivity contribution in [3.63, 3.8) is 0 Å². The molecule has 0 spiro atoms. The van der Waals surface area contributed by atoms with Gasteiger partial charge in [-0.05, 0) is 54.8 Å². The van der Waals surface area contributed by atoms with Crippen LogP contribution in [0.15, 0.2) is 41.4 Å². The summed E-state index contributed by atoms with van der Waals surface area (Å²) >= 11 is 6.09. The summed E-state index contributed by atoms with van der Waals surface area (Å²) in [4.78, 5) is 4.33. The Balaban J connectivity index is 2.04. The molecule has 2 aromatic carbocycles. The van der Waals surface area contributed by atoms with Crippen LogP contribution in [0.5, 0.6) is 5.75 Å². The summed E-state index contributed by atoms with van der Waals surface area (Å²) in [5, 5.41) is 3.67. The second-order valence-corrected chi connectivity index (χ2v) is 5.58. The van der Waals surface area contributed by atoms with Crippen molar-refractivity contribution in [1.29, 1.82) is 0 Å². The van der Waals surface area contributed by atoms with Gasteiger partial charge in [0.15, 0.2) is 5.96 Å². The lowest BCUT2D eigenvalue weighted by Gasteiger charge is -2.08. The Morgan fingerprint density at radius 2 is 1.86 bits per heavy atom. The van der Waals surface area contributed by atoms with Gasteiger partial charge in [0.05, 0.1) is 18.7 Å². The Labute approximate surface area is 136 Å². The predicted octanol–water partition coefficient (Wildman–Crippen LogP) is 3.89. The highest BCUT2D eigenvalue weighted by atomic mass is 35.5. The molecule has 0 saturated carbocycles. The summed E-state index contributed by atoms with van der Waals surface area (Å²) in [7, 11) is 1.59. The number of benzene rings is 2. The van der Waals surface area contributed by atoms with Gasteiger partial charge in [-0.1, -0.05) is 23.7 Å². The average molecular weight is 318 g/mol. The molecule has 2 aromatic rings. The second kappa shape index (κ2) is 7.18. The van der Waals surface area contributed by atoms with E-state index >= 15 is 0 Å². The molecule has 0 aliphatic rings. The Bertz CT molecular complexity index is 678. The molecule has 0 aliphatic carbocycles. The number of guanidine groups is 1. The van der Waals surface area contributed by atoms with Crippen molar-refractivity contribution < 1.29 is 4.74 Å². The monoisotopic (exact) mass is 317 g/mol. The molecule has 0 fully saturated rings. The van der Waals surface area contributed by atoms with E-state index in [0.717, 1.165) is 11.3 Å². The average Bonchev–Trinajstić information content (AvgIpc) is 2.44. The van der Waals surface area contributed by atoms with Crippen molar-refractivity contribution in [3.8, 4) is 5.75 Å². The molecule has 0 bridgehead atoms. The fourth-order valence-corrected chi connectivity index (χ4v) is 2.50. The molecule has 0 unspecified atom stereocenters. The normalized spacial score (nSPS) is 11.4. The topological polar surface area (TPSA) is 59.6 Å². The van der Waals surface area contributed by atoms with Crippen molar-refractivity contribution in [2.24, 2.45) is 10.7 Å². The van der Waals surface area contributed by atoms with Gasteiger partial charge in [-0.25, -0.2) is 4.99 Å². The van der Waals surface area contributed by atoms with Crippen LogP contribution in [0.3, 0.4) is 0 Å². The number of halogens is 1. The molecule has 2 rings (SSSR count). The van der Waals surface area contributed by atoms with E-state index in [-0.39, 0.29) is 0 Å². The number of rotatable bonds is 4. The first-order valence-corrected chi connectivity index (χ1v) is 7.33. The zero-order valence-corrected chi connectivity index (χ0v) is 13.7. The summed E-state index contributed by atoms with van der Waals surface area (Å²) in [6.45, 7) is 4.54. The van der Waals surface area contributed by atoms with Crippen molar-refractivity contribution in [3.05, 3.63) is 58.1 Å². The maximum absolute atomic E-state index is 6.09. The number of hydrogen-bond acceptors (Lipinski definition) is 2. The molecule has 0 saturated heterocycles. The number of ether oxygens (including phenoxy) is 1. The lowest BCUT2D eigenvalue weighted by Crippen LogP contribution is -2.22. The maximum Gasteiger partial charge on any atom is 0.193 e. The Morgan fingerprint density at radius 3 is 2.45 bits per heavy atom. The van der Waals surface area contributed by atoms with Gasteiger partial charge in [-0.3, -0.25) is 0 Å².